The van der Waals surface area contributed by atoms with Gasteiger partial charge in [-0.1, -0.05) is 22.3 Å². The Kier molecular flexibility index (Phi) is 41.7. The van der Waals surface area contributed by atoms with Crippen molar-refractivity contribution in [3.8, 4) is 0 Å². The second-order valence-electron chi connectivity index (χ2n) is 2.28. The zero-order valence-corrected chi connectivity index (χ0v) is 9.02. The van der Waals surface area contributed by atoms with Gasteiger partial charge in [0, 0.05) is 19.6 Å². The molecule has 0 aromatic rings. The molecule has 0 radical (unpaired) electrons. The molecule has 17 heavy (non-hydrogen) atoms. The normalized spacial score (nSPS) is 6.53. The maximum Gasteiger partial charge on any atom is 0.314 e. The summed E-state index contributed by atoms with van der Waals surface area (Å²) in [5.41, 5.74) is 4.65. The predicted molar refractivity (Wildman–Crippen MR) is 76.2 cm³/mol. The van der Waals surface area contributed by atoms with Crippen molar-refractivity contribution in [3.63, 3.8) is 0 Å². The van der Waals surface area contributed by atoms with Crippen LogP contribution >= 0.6 is 0 Å². The number of hydrogen-bond acceptors (Lipinski definition) is 2. The molecule has 0 heterocycles. The molecule has 6 heteroatoms. The number of nitrogens with one attached hydrogen (secondary N) is 3. The highest BCUT2D eigenvalue weighted by molar-refractivity contribution is 5.73. The van der Waals surface area contributed by atoms with Crippen molar-refractivity contribution in [3.05, 3.63) is 0 Å². The second-order valence-corrected chi connectivity index (χ2v) is 2.28. The molecule has 0 spiro atoms. The molecule has 0 saturated carbocycles. The summed E-state index contributed by atoms with van der Waals surface area (Å²) < 4.78 is 0. The molecule has 0 aromatic carbocycles. The van der Waals surface area contributed by atoms with Gasteiger partial charge in [-0.15, -0.1) is 0 Å². The lowest BCUT2D eigenvalue weighted by atomic mass is 10.7. The summed E-state index contributed by atoms with van der Waals surface area (Å²) in [5, 5.41) is 7.54. The largest absolute Gasteiger partial charge is 0.352 e. The summed E-state index contributed by atoms with van der Waals surface area (Å²) in [6, 6.07) is -0.549. The van der Waals surface area contributed by atoms with Crippen LogP contribution in [0, 0.1) is 0 Å². The van der Waals surface area contributed by atoms with E-state index in [2.05, 4.69) is 21.7 Å². The molecule has 0 aliphatic rings. The number of rotatable bonds is 3. The van der Waals surface area contributed by atoms with Gasteiger partial charge in [-0.05, 0) is 20.8 Å². The molecular weight excluding hydrogens is 220 g/mol. The van der Waals surface area contributed by atoms with Gasteiger partial charge in [0.15, 0.2) is 0 Å². The van der Waals surface area contributed by atoms with Crippen LogP contribution in [0.25, 0.3) is 0 Å². The number of primary amides is 1. The van der Waals surface area contributed by atoms with Crippen LogP contribution in [0.5, 0.6) is 0 Å². The number of urea groups is 2. The molecule has 0 aliphatic carbocycles. The van der Waals surface area contributed by atoms with Crippen molar-refractivity contribution in [1.29, 1.82) is 0 Å². The number of carbonyl (C=O) groups excluding carboxylic acids is 2. The molecule has 0 unspecified atom stereocenters. The first-order chi connectivity index (χ1) is 6.58. The first kappa shape index (κ1) is 29.6. The number of carbonyl (C=O) groups is 2. The molecule has 5 N–H and O–H groups in total. The molecule has 4 amide bonds. The number of amides is 4. The minimum atomic E-state index is -0.461. The summed E-state index contributed by atoms with van der Waals surface area (Å²) in [7, 11) is 0. The van der Waals surface area contributed by atoms with E-state index in [1.807, 2.05) is 20.8 Å². The van der Waals surface area contributed by atoms with Crippen LogP contribution in [0.3, 0.4) is 0 Å². The van der Waals surface area contributed by atoms with E-state index in [0.717, 1.165) is 0 Å². The maximum atomic E-state index is 10.4. The molecule has 0 rings (SSSR count). The van der Waals surface area contributed by atoms with Crippen LogP contribution in [-0.2, 0) is 0 Å². The molecule has 6 nitrogen and oxygen atoms in total. The third kappa shape index (κ3) is 40.2. The van der Waals surface area contributed by atoms with Crippen LogP contribution in [0.2, 0.25) is 0 Å². The second kappa shape index (κ2) is 24.0. The van der Waals surface area contributed by atoms with Gasteiger partial charge >= 0.3 is 12.1 Å². The van der Waals surface area contributed by atoms with E-state index in [0.29, 0.717) is 19.6 Å². The van der Waals surface area contributed by atoms with Crippen LogP contribution in [-0.4, -0.2) is 31.7 Å². The Labute approximate surface area is 107 Å². The van der Waals surface area contributed by atoms with Gasteiger partial charge in [0.2, 0.25) is 0 Å². The van der Waals surface area contributed by atoms with Gasteiger partial charge in [-0.3, -0.25) is 0 Å². The average molecular weight is 252 g/mol. The average Bonchev–Trinajstić information content (AvgIpc) is 2.05. The fourth-order valence-corrected chi connectivity index (χ4v) is 0.558. The zero-order chi connectivity index (χ0) is 11.4. The third-order valence-corrected chi connectivity index (χ3v) is 1.03. The third-order valence-electron chi connectivity index (χ3n) is 1.03. The molecule has 0 bridgehead atoms. The summed E-state index contributed by atoms with van der Waals surface area (Å²) in [6.45, 7) is 7.56. The fourth-order valence-electron chi connectivity index (χ4n) is 0.558. The van der Waals surface area contributed by atoms with Crippen molar-refractivity contribution < 1.29 is 9.59 Å². The smallest absolute Gasteiger partial charge is 0.314 e. The lowest BCUT2D eigenvalue weighted by Gasteiger charge is -1.99. The lowest BCUT2D eigenvalue weighted by Crippen LogP contribution is -2.34. The first-order valence-corrected chi connectivity index (χ1v) is 4.63. The van der Waals surface area contributed by atoms with Gasteiger partial charge in [0.25, 0.3) is 0 Å². The molecule has 0 atom stereocenters. The molecule has 108 valence electrons. The topological polar surface area (TPSA) is 96.2 Å². The Morgan fingerprint density at radius 2 is 1.12 bits per heavy atom. The van der Waals surface area contributed by atoms with E-state index in [4.69, 9.17) is 0 Å². The van der Waals surface area contributed by atoms with Crippen molar-refractivity contribution in [2.45, 2.75) is 43.1 Å². The number of hydrogen-bond donors (Lipinski definition) is 4. The Bertz CT molecular complexity index is 156. The van der Waals surface area contributed by atoms with Crippen LogP contribution in [0.15, 0.2) is 0 Å². The minimum Gasteiger partial charge on any atom is -0.352 e. The highest BCUT2D eigenvalue weighted by Crippen LogP contribution is 1.60. The van der Waals surface area contributed by atoms with Gasteiger partial charge in [-0.25, -0.2) is 9.59 Å². The quantitative estimate of drug-likeness (QED) is 0.617. The molecule has 0 aromatic heterocycles. The van der Waals surface area contributed by atoms with E-state index in [1.165, 1.54) is 0 Å². The highest BCUT2D eigenvalue weighted by atomic mass is 16.2. The maximum absolute atomic E-state index is 10.4. The highest BCUT2D eigenvalue weighted by Gasteiger charge is 1.89. The number of nitrogens with two attached hydrogens (primary N) is 1. The first-order valence-electron chi connectivity index (χ1n) is 4.63. The summed E-state index contributed by atoms with van der Waals surface area (Å²) in [4.78, 5) is 20.1. The van der Waals surface area contributed by atoms with Crippen molar-refractivity contribution in [2.75, 3.05) is 19.6 Å². The Morgan fingerprint density at radius 3 is 1.24 bits per heavy atom. The van der Waals surface area contributed by atoms with E-state index < -0.39 is 6.03 Å². The Morgan fingerprint density at radius 1 is 0.824 bits per heavy atom. The molecule has 0 fully saturated rings. The van der Waals surface area contributed by atoms with Crippen LogP contribution in [0.4, 0.5) is 9.59 Å². The monoisotopic (exact) mass is 252 g/mol. The Balaban J connectivity index is -0.0000000493. The minimum absolute atomic E-state index is 0. The van der Waals surface area contributed by atoms with E-state index in [1.54, 1.807) is 0 Å². The Hall–Kier alpha value is -1.46. The van der Waals surface area contributed by atoms with Crippen molar-refractivity contribution in [2.24, 2.45) is 5.73 Å². The van der Waals surface area contributed by atoms with E-state index >= 15 is 0 Å². The molecule has 0 saturated heterocycles. The summed E-state index contributed by atoms with van der Waals surface area (Å²) in [6.07, 6.45) is 0. The molecule has 0 aliphatic heterocycles. The lowest BCUT2D eigenvalue weighted by molar-refractivity contribution is 0.242. The zero-order valence-electron chi connectivity index (χ0n) is 9.02. The van der Waals surface area contributed by atoms with Crippen molar-refractivity contribution >= 4 is 12.1 Å². The van der Waals surface area contributed by atoms with Gasteiger partial charge < -0.3 is 21.7 Å². The van der Waals surface area contributed by atoms with Gasteiger partial charge in [0.1, 0.15) is 0 Å². The van der Waals surface area contributed by atoms with Crippen molar-refractivity contribution in [1.82, 2.24) is 16.0 Å². The standard InChI is InChI=1S/C5H12N2O.C3H8N2O.3CH4/c1-3-6-5(8)7-4-2;1-2-5-3(4)6;;;/h3-4H2,1-2H3,(H2,6,7,8);2H2,1H3,(H3,4,5,6);3*1H4. The fraction of sp³-hybridized carbons (Fsp3) is 0.818. The van der Waals surface area contributed by atoms with Gasteiger partial charge in [0.05, 0.1) is 0 Å². The van der Waals surface area contributed by atoms with E-state index in [9.17, 15) is 9.59 Å². The van der Waals surface area contributed by atoms with Crippen LogP contribution < -0.4 is 21.7 Å². The SMILES string of the molecule is C.C.C.CCNC(=O)NCC.CCNC(N)=O. The summed E-state index contributed by atoms with van der Waals surface area (Å²) >= 11 is 0. The predicted octanol–water partition coefficient (Wildman–Crippen LogP) is 1.91. The van der Waals surface area contributed by atoms with Gasteiger partial charge in [-0.2, -0.15) is 0 Å². The van der Waals surface area contributed by atoms with E-state index in [-0.39, 0.29) is 28.3 Å². The molecular formula is C11H32N4O2. The van der Waals surface area contributed by atoms with Crippen LogP contribution in [0.1, 0.15) is 43.1 Å². The summed E-state index contributed by atoms with van der Waals surface area (Å²) in [5.74, 6) is 0.